The largest absolute Gasteiger partial charge is 0.373 e. The molecule has 0 aliphatic carbocycles. The molecule has 4 rings (SSSR count). The molecule has 0 radical (unpaired) electrons. The standard InChI is InChI=1S/C16H28N2O2/c1-17-8-4-15(5-9-17)11-14(20-15)12-18-7-2-3-16(13-18)6-10-19-16/h14H,2-13H2,1H3. The molecular weight excluding hydrogens is 252 g/mol. The molecule has 0 aromatic carbocycles. The number of likely N-dealkylation sites (tertiary alicyclic amines) is 2. The zero-order chi connectivity index (χ0) is 13.6. The number of ether oxygens (including phenoxy) is 2. The zero-order valence-electron chi connectivity index (χ0n) is 12.8. The Bertz CT molecular complexity index is 353. The molecule has 4 nitrogen and oxygen atoms in total. The minimum atomic E-state index is 0.229. The summed E-state index contributed by atoms with van der Waals surface area (Å²) in [4.78, 5) is 5.01. The lowest BCUT2D eigenvalue weighted by molar-refractivity contribution is -0.236. The molecule has 0 aromatic heterocycles. The van der Waals surface area contributed by atoms with Gasteiger partial charge in [0, 0.05) is 39.0 Å². The predicted molar refractivity (Wildman–Crippen MR) is 77.9 cm³/mol. The van der Waals surface area contributed by atoms with Crippen molar-refractivity contribution < 1.29 is 9.47 Å². The van der Waals surface area contributed by atoms with Crippen molar-refractivity contribution in [2.75, 3.05) is 46.4 Å². The molecule has 20 heavy (non-hydrogen) atoms. The van der Waals surface area contributed by atoms with Crippen LogP contribution in [-0.4, -0.2) is 73.5 Å². The van der Waals surface area contributed by atoms with E-state index in [1.54, 1.807) is 0 Å². The Hall–Kier alpha value is -0.160. The summed E-state index contributed by atoms with van der Waals surface area (Å²) in [5, 5.41) is 0. The maximum absolute atomic E-state index is 6.33. The number of nitrogens with zero attached hydrogens (tertiary/aromatic N) is 2. The summed E-state index contributed by atoms with van der Waals surface area (Å²) in [5.41, 5.74) is 0.477. The Labute approximate surface area is 122 Å². The van der Waals surface area contributed by atoms with Crippen LogP contribution in [0, 0.1) is 0 Å². The molecule has 4 fully saturated rings. The van der Waals surface area contributed by atoms with E-state index < -0.39 is 0 Å². The molecule has 0 aromatic rings. The maximum Gasteiger partial charge on any atom is 0.0831 e. The molecule has 0 saturated carbocycles. The Morgan fingerprint density at radius 2 is 1.80 bits per heavy atom. The van der Waals surface area contributed by atoms with E-state index in [0.717, 1.165) is 19.7 Å². The van der Waals surface area contributed by atoms with Gasteiger partial charge in [0.2, 0.25) is 0 Å². The molecule has 0 N–H and O–H groups in total. The third-order valence-corrected chi connectivity index (χ3v) is 5.96. The zero-order valence-corrected chi connectivity index (χ0v) is 12.8. The van der Waals surface area contributed by atoms with E-state index in [-0.39, 0.29) is 11.2 Å². The van der Waals surface area contributed by atoms with Crippen molar-refractivity contribution in [1.82, 2.24) is 9.80 Å². The first-order chi connectivity index (χ1) is 9.67. The van der Waals surface area contributed by atoms with Crippen LogP contribution in [0.5, 0.6) is 0 Å². The van der Waals surface area contributed by atoms with Crippen LogP contribution in [0.2, 0.25) is 0 Å². The molecule has 4 aliphatic heterocycles. The first-order valence-electron chi connectivity index (χ1n) is 8.40. The summed E-state index contributed by atoms with van der Waals surface area (Å²) >= 11 is 0. The summed E-state index contributed by atoms with van der Waals surface area (Å²) < 4.78 is 12.2. The number of hydrogen-bond acceptors (Lipinski definition) is 4. The average Bonchev–Trinajstić information content (AvgIpc) is 2.38. The topological polar surface area (TPSA) is 24.9 Å². The van der Waals surface area contributed by atoms with Gasteiger partial charge in [-0.15, -0.1) is 0 Å². The summed E-state index contributed by atoms with van der Waals surface area (Å²) in [7, 11) is 2.22. The van der Waals surface area contributed by atoms with Gasteiger partial charge >= 0.3 is 0 Å². The van der Waals surface area contributed by atoms with E-state index in [9.17, 15) is 0 Å². The van der Waals surface area contributed by atoms with Gasteiger partial charge in [0.25, 0.3) is 0 Å². The van der Waals surface area contributed by atoms with Crippen LogP contribution >= 0.6 is 0 Å². The van der Waals surface area contributed by atoms with Crippen LogP contribution in [0.15, 0.2) is 0 Å². The van der Waals surface area contributed by atoms with Crippen LogP contribution in [0.3, 0.4) is 0 Å². The van der Waals surface area contributed by atoms with Crippen molar-refractivity contribution in [3.8, 4) is 0 Å². The van der Waals surface area contributed by atoms with E-state index in [2.05, 4.69) is 16.8 Å². The molecule has 0 bridgehead atoms. The number of hydrogen-bond donors (Lipinski definition) is 0. The highest BCUT2D eigenvalue weighted by atomic mass is 16.5. The second kappa shape index (κ2) is 4.94. The highest BCUT2D eigenvalue weighted by Crippen LogP contribution is 2.42. The molecule has 0 amide bonds. The third-order valence-electron chi connectivity index (χ3n) is 5.96. The number of piperidine rings is 2. The predicted octanol–water partition coefficient (Wildman–Crippen LogP) is 1.49. The van der Waals surface area contributed by atoms with Crippen molar-refractivity contribution in [2.45, 2.75) is 55.8 Å². The van der Waals surface area contributed by atoms with Crippen LogP contribution in [0.1, 0.15) is 38.5 Å². The summed E-state index contributed by atoms with van der Waals surface area (Å²) in [6.45, 7) is 6.89. The van der Waals surface area contributed by atoms with Gasteiger partial charge in [-0.2, -0.15) is 0 Å². The minimum Gasteiger partial charge on any atom is -0.373 e. The highest BCUT2D eigenvalue weighted by molar-refractivity contribution is 5.00. The van der Waals surface area contributed by atoms with Crippen molar-refractivity contribution in [3.63, 3.8) is 0 Å². The van der Waals surface area contributed by atoms with Gasteiger partial charge in [0.05, 0.1) is 23.9 Å². The SMILES string of the molecule is CN1CCC2(CC1)CC(CN1CCCC3(CCO3)C1)O2. The molecule has 4 saturated heterocycles. The maximum atomic E-state index is 6.33. The quantitative estimate of drug-likeness (QED) is 0.765. The van der Waals surface area contributed by atoms with Crippen molar-refractivity contribution in [1.29, 1.82) is 0 Å². The normalized spacial score (nSPS) is 41.5. The molecule has 2 atom stereocenters. The van der Waals surface area contributed by atoms with E-state index in [4.69, 9.17) is 9.47 Å². The molecular formula is C16H28N2O2. The van der Waals surface area contributed by atoms with Crippen molar-refractivity contribution in [3.05, 3.63) is 0 Å². The van der Waals surface area contributed by atoms with Crippen LogP contribution in [0.25, 0.3) is 0 Å². The Morgan fingerprint density at radius 3 is 2.45 bits per heavy atom. The van der Waals surface area contributed by atoms with Gasteiger partial charge in [-0.1, -0.05) is 0 Å². The first-order valence-corrected chi connectivity index (χ1v) is 8.40. The number of rotatable bonds is 2. The van der Waals surface area contributed by atoms with Gasteiger partial charge in [0.1, 0.15) is 0 Å². The lowest BCUT2D eigenvalue weighted by Gasteiger charge is -2.54. The molecule has 4 aliphatic rings. The Balaban J connectivity index is 1.25. The monoisotopic (exact) mass is 280 g/mol. The third kappa shape index (κ3) is 2.41. The van der Waals surface area contributed by atoms with Gasteiger partial charge in [-0.05, 0) is 39.3 Å². The van der Waals surface area contributed by atoms with Gasteiger partial charge in [-0.25, -0.2) is 0 Å². The fourth-order valence-electron chi connectivity index (χ4n) is 4.56. The molecule has 4 heterocycles. The summed E-state index contributed by atoms with van der Waals surface area (Å²) in [5.74, 6) is 0. The fraction of sp³-hybridized carbons (Fsp3) is 1.00. The lowest BCUT2D eigenvalue weighted by Crippen LogP contribution is -2.61. The Morgan fingerprint density at radius 1 is 1.05 bits per heavy atom. The second-order valence-corrected chi connectivity index (χ2v) is 7.55. The van der Waals surface area contributed by atoms with E-state index in [1.807, 2.05) is 0 Å². The smallest absolute Gasteiger partial charge is 0.0831 e. The second-order valence-electron chi connectivity index (χ2n) is 7.55. The fourth-order valence-corrected chi connectivity index (χ4v) is 4.56. The molecule has 4 heteroatoms. The van der Waals surface area contributed by atoms with Gasteiger partial charge in [-0.3, -0.25) is 4.90 Å². The Kier molecular flexibility index (Phi) is 3.33. The summed E-state index contributed by atoms with van der Waals surface area (Å²) in [6.07, 6.45) is 8.05. The van der Waals surface area contributed by atoms with E-state index in [0.29, 0.717) is 6.10 Å². The highest BCUT2D eigenvalue weighted by Gasteiger charge is 2.48. The summed E-state index contributed by atoms with van der Waals surface area (Å²) in [6, 6.07) is 0. The molecule has 2 spiro atoms. The average molecular weight is 280 g/mol. The molecule has 114 valence electrons. The van der Waals surface area contributed by atoms with Crippen molar-refractivity contribution >= 4 is 0 Å². The van der Waals surface area contributed by atoms with E-state index in [1.165, 1.54) is 58.2 Å². The van der Waals surface area contributed by atoms with Gasteiger partial charge < -0.3 is 14.4 Å². The van der Waals surface area contributed by atoms with Crippen LogP contribution in [0.4, 0.5) is 0 Å². The van der Waals surface area contributed by atoms with Crippen LogP contribution < -0.4 is 0 Å². The van der Waals surface area contributed by atoms with Crippen LogP contribution in [-0.2, 0) is 9.47 Å². The minimum absolute atomic E-state index is 0.229. The lowest BCUT2D eigenvalue weighted by atomic mass is 9.80. The van der Waals surface area contributed by atoms with E-state index >= 15 is 0 Å². The van der Waals surface area contributed by atoms with Crippen molar-refractivity contribution in [2.24, 2.45) is 0 Å². The van der Waals surface area contributed by atoms with Gasteiger partial charge in [0.15, 0.2) is 0 Å². The molecule has 2 unspecified atom stereocenters. The first kappa shape index (κ1) is 13.5.